The molecule has 3 nitrogen and oxygen atoms in total. The Balaban J connectivity index is 2.54. The van der Waals surface area contributed by atoms with Crippen LogP contribution in [0.1, 0.15) is 32.8 Å². The van der Waals surface area contributed by atoms with E-state index >= 15 is 0 Å². The first-order chi connectivity index (χ1) is 9.56. The summed E-state index contributed by atoms with van der Waals surface area (Å²) in [5, 5.41) is 9.03. The lowest BCUT2D eigenvalue weighted by Crippen LogP contribution is -2.35. The van der Waals surface area contributed by atoms with E-state index < -0.39 is 0 Å². The molecule has 1 atom stereocenters. The molecular formula is C17H18N2O. The largest absolute Gasteiger partial charge is 0.304 e. The van der Waals surface area contributed by atoms with Crippen molar-refractivity contribution in [2.45, 2.75) is 33.2 Å². The molecule has 1 aromatic rings. The molecule has 1 aliphatic heterocycles. The molecule has 1 amide bonds. The van der Waals surface area contributed by atoms with Gasteiger partial charge < -0.3 is 4.90 Å². The summed E-state index contributed by atoms with van der Waals surface area (Å²) in [6, 6.07) is 9.78. The Morgan fingerprint density at radius 1 is 1.35 bits per heavy atom. The fourth-order valence-electron chi connectivity index (χ4n) is 2.63. The molecular weight excluding hydrogens is 248 g/mol. The zero-order valence-corrected chi connectivity index (χ0v) is 12.1. The average Bonchev–Trinajstić information content (AvgIpc) is 2.71. The third-order valence-corrected chi connectivity index (χ3v) is 3.45. The zero-order valence-electron chi connectivity index (χ0n) is 12.1. The predicted octanol–water partition coefficient (Wildman–Crippen LogP) is 3.68. The van der Waals surface area contributed by atoms with Gasteiger partial charge in [-0.25, -0.2) is 0 Å². The number of nitriles is 1. The predicted molar refractivity (Wildman–Crippen MR) is 81.0 cm³/mol. The van der Waals surface area contributed by atoms with Crippen LogP contribution in [0.5, 0.6) is 0 Å². The molecule has 0 fully saturated rings. The number of rotatable bonds is 2. The number of anilines is 1. The number of fused-ring (bicyclic) bond motifs is 1. The summed E-state index contributed by atoms with van der Waals surface area (Å²) >= 11 is 0. The molecule has 20 heavy (non-hydrogen) atoms. The van der Waals surface area contributed by atoms with E-state index in [-0.39, 0.29) is 11.9 Å². The number of benzene rings is 1. The number of hydrogen-bond acceptors (Lipinski definition) is 2. The fraction of sp³-hybridized carbons (Fsp3) is 0.294. The minimum absolute atomic E-state index is 0.00551. The number of para-hydroxylation sites is 1. The molecule has 0 spiro atoms. The van der Waals surface area contributed by atoms with E-state index in [9.17, 15) is 4.79 Å². The summed E-state index contributed by atoms with van der Waals surface area (Å²) in [6.07, 6.45) is 4.40. The Hall–Kier alpha value is -2.34. The van der Waals surface area contributed by atoms with E-state index in [1.165, 1.54) is 5.57 Å². The standard InChI is InChI=1S/C17H18N2O/c1-12(2)8-9-17-15(10-11-18)14-6-4-5-7-16(14)19(17)13(3)20/h4-8,10,17H,9H2,1-3H3/b15-10-. The van der Waals surface area contributed by atoms with Crippen LogP contribution in [0.2, 0.25) is 0 Å². The highest BCUT2D eigenvalue weighted by atomic mass is 16.2. The topological polar surface area (TPSA) is 44.1 Å². The van der Waals surface area contributed by atoms with Gasteiger partial charge in [-0.05, 0) is 31.9 Å². The van der Waals surface area contributed by atoms with Crippen LogP contribution in [-0.2, 0) is 4.79 Å². The van der Waals surface area contributed by atoms with Crippen molar-refractivity contribution in [2.75, 3.05) is 4.90 Å². The van der Waals surface area contributed by atoms with Gasteiger partial charge in [0.25, 0.3) is 0 Å². The van der Waals surface area contributed by atoms with Crippen molar-refractivity contribution in [3.05, 3.63) is 47.6 Å². The summed E-state index contributed by atoms with van der Waals surface area (Å²) in [7, 11) is 0. The summed E-state index contributed by atoms with van der Waals surface area (Å²) in [5.74, 6) is 0.00551. The molecule has 0 aromatic heterocycles. The molecule has 1 aromatic carbocycles. The van der Waals surface area contributed by atoms with Crippen LogP contribution in [-0.4, -0.2) is 11.9 Å². The Bertz CT molecular complexity index is 631. The highest BCUT2D eigenvalue weighted by Gasteiger charge is 2.35. The first kappa shape index (κ1) is 14.1. The number of amides is 1. The average molecular weight is 266 g/mol. The van der Waals surface area contributed by atoms with Crippen LogP contribution in [0.15, 0.2) is 42.0 Å². The van der Waals surface area contributed by atoms with Crippen molar-refractivity contribution in [1.82, 2.24) is 0 Å². The molecule has 1 unspecified atom stereocenters. The normalized spacial score (nSPS) is 18.6. The highest BCUT2D eigenvalue weighted by molar-refractivity contribution is 6.03. The number of carbonyl (C=O) groups excluding carboxylic acids is 1. The minimum Gasteiger partial charge on any atom is -0.304 e. The summed E-state index contributed by atoms with van der Waals surface area (Å²) < 4.78 is 0. The van der Waals surface area contributed by atoms with E-state index in [2.05, 4.69) is 12.1 Å². The maximum absolute atomic E-state index is 12.0. The van der Waals surface area contributed by atoms with Crippen molar-refractivity contribution in [2.24, 2.45) is 0 Å². The van der Waals surface area contributed by atoms with Gasteiger partial charge in [0.05, 0.1) is 17.8 Å². The highest BCUT2D eigenvalue weighted by Crippen LogP contribution is 2.41. The fourth-order valence-corrected chi connectivity index (χ4v) is 2.63. The lowest BCUT2D eigenvalue weighted by atomic mass is 9.99. The van der Waals surface area contributed by atoms with Gasteiger partial charge in [0.2, 0.25) is 5.91 Å². The summed E-state index contributed by atoms with van der Waals surface area (Å²) in [4.78, 5) is 13.8. The maximum Gasteiger partial charge on any atom is 0.224 e. The van der Waals surface area contributed by atoms with E-state index in [1.807, 2.05) is 38.1 Å². The van der Waals surface area contributed by atoms with Crippen LogP contribution in [0, 0.1) is 11.3 Å². The molecule has 1 aliphatic rings. The van der Waals surface area contributed by atoms with Crippen LogP contribution < -0.4 is 4.90 Å². The van der Waals surface area contributed by atoms with Gasteiger partial charge in [-0.3, -0.25) is 4.79 Å². The number of allylic oxidation sites excluding steroid dienone is 2. The summed E-state index contributed by atoms with van der Waals surface area (Å²) in [5.41, 5.74) is 4.02. The second kappa shape index (κ2) is 5.75. The van der Waals surface area contributed by atoms with Gasteiger partial charge in [-0.2, -0.15) is 5.26 Å². The van der Waals surface area contributed by atoms with Crippen LogP contribution in [0.4, 0.5) is 5.69 Å². The second-order valence-electron chi connectivity index (χ2n) is 5.17. The quantitative estimate of drug-likeness (QED) is 0.605. The monoisotopic (exact) mass is 266 g/mol. The van der Waals surface area contributed by atoms with Gasteiger partial charge >= 0.3 is 0 Å². The molecule has 3 heteroatoms. The molecule has 0 N–H and O–H groups in total. The molecule has 0 aliphatic carbocycles. The van der Waals surface area contributed by atoms with E-state index in [4.69, 9.17) is 5.26 Å². The smallest absolute Gasteiger partial charge is 0.224 e. The first-order valence-corrected chi connectivity index (χ1v) is 6.68. The van der Waals surface area contributed by atoms with Gasteiger partial charge in [-0.1, -0.05) is 29.8 Å². The number of hydrogen-bond donors (Lipinski definition) is 0. The van der Waals surface area contributed by atoms with Crippen molar-refractivity contribution >= 4 is 17.2 Å². The van der Waals surface area contributed by atoms with Crippen molar-refractivity contribution < 1.29 is 4.79 Å². The minimum atomic E-state index is -0.0838. The molecule has 0 saturated carbocycles. The molecule has 102 valence electrons. The van der Waals surface area contributed by atoms with Crippen molar-refractivity contribution in [1.29, 1.82) is 5.26 Å². The maximum atomic E-state index is 12.0. The second-order valence-corrected chi connectivity index (χ2v) is 5.17. The summed E-state index contributed by atoms with van der Waals surface area (Å²) in [6.45, 7) is 5.64. The molecule has 0 bridgehead atoms. The number of carbonyl (C=O) groups is 1. The zero-order chi connectivity index (χ0) is 14.7. The van der Waals surface area contributed by atoms with Crippen molar-refractivity contribution in [3.8, 4) is 6.07 Å². The van der Waals surface area contributed by atoms with Gasteiger partial charge in [-0.15, -0.1) is 0 Å². The Kier molecular flexibility index (Phi) is 4.05. The van der Waals surface area contributed by atoms with E-state index in [0.29, 0.717) is 0 Å². The lowest BCUT2D eigenvalue weighted by molar-refractivity contribution is -0.116. The van der Waals surface area contributed by atoms with E-state index in [1.54, 1.807) is 17.9 Å². The molecule has 0 radical (unpaired) electrons. The van der Waals surface area contributed by atoms with Gasteiger partial charge in [0, 0.05) is 18.6 Å². The van der Waals surface area contributed by atoms with Crippen LogP contribution in [0.3, 0.4) is 0 Å². The third kappa shape index (κ3) is 2.50. The van der Waals surface area contributed by atoms with Crippen LogP contribution in [0.25, 0.3) is 5.57 Å². The van der Waals surface area contributed by atoms with Gasteiger partial charge in [0.1, 0.15) is 0 Å². The molecule has 0 saturated heterocycles. The Morgan fingerprint density at radius 2 is 2.05 bits per heavy atom. The molecule has 2 rings (SSSR count). The molecule has 1 heterocycles. The first-order valence-electron chi connectivity index (χ1n) is 6.68. The van der Waals surface area contributed by atoms with E-state index in [0.717, 1.165) is 23.2 Å². The Morgan fingerprint density at radius 3 is 2.65 bits per heavy atom. The third-order valence-electron chi connectivity index (χ3n) is 3.45. The Labute approximate surface area is 119 Å². The number of nitrogens with zero attached hydrogens (tertiary/aromatic N) is 2. The van der Waals surface area contributed by atoms with Crippen molar-refractivity contribution in [3.63, 3.8) is 0 Å². The lowest BCUT2D eigenvalue weighted by Gasteiger charge is -2.23. The SMILES string of the molecule is CC(=O)N1c2ccccc2/C(=C/C#N)C1CC=C(C)C. The van der Waals surface area contributed by atoms with Crippen LogP contribution >= 0.6 is 0 Å². The van der Waals surface area contributed by atoms with Gasteiger partial charge in [0.15, 0.2) is 0 Å².